The second-order valence-electron chi connectivity index (χ2n) is 3.47. The van der Waals surface area contributed by atoms with E-state index in [9.17, 15) is 5.11 Å². The van der Waals surface area contributed by atoms with Crippen LogP contribution in [0.25, 0.3) is 0 Å². The number of aliphatic hydroxyl groups is 1. The summed E-state index contributed by atoms with van der Waals surface area (Å²) in [5.41, 5.74) is 0. The Labute approximate surface area is 112 Å². The Morgan fingerprint density at radius 2 is 2.18 bits per heavy atom. The summed E-state index contributed by atoms with van der Waals surface area (Å²) in [4.78, 5) is 9.17. The van der Waals surface area contributed by atoms with Gasteiger partial charge >= 0.3 is 0 Å². The molecule has 6 heteroatoms. The zero-order valence-electron chi connectivity index (χ0n) is 9.01. The fourth-order valence-corrected chi connectivity index (χ4v) is 2.30. The highest BCUT2D eigenvalue weighted by atomic mass is 79.9. The minimum Gasteiger partial charge on any atom is -0.388 e. The molecule has 2 heterocycles. The first-order valence-corrected chi connectivity index (χ1v) is 6.86. The Balaban J connectivity index is 1.78. The third-order valence-corrected chi connectivity index (χ3v) is 3.58. The molecule has 90 valence electrons. The molecule has 0 radical (unpaired) electrons. The van der Waals surface area contributed by atoms with Gasteiger partial charge in [-0.1, -0.05) is 6.07 Å². The first kappa shape index (κ1) is 12.5. The number of anilines is 1. The van der Waals surface area contributed by atoms with Crippen molar-refractivity contribution < 1.29 is 5.11 Å². The van der Waals surface area contributed by atoms with Crippen molar-refractivity contribution in [1.29, 1.82) is 0 Å². The van der Waals surface area contributed by atoms with Crippen LogP contribution in [0, 0.1) is 0 Å². The van der Waals surface area contributed by atoms with Crippen LogP contribution in [0.1, 0.15) is 17.4 Å². The van der Waals surface area contributed by atoms with E-state index < -0.39 is 6.10 Å². The van der Waals surface area contributed by atoms with Crippen LogP contribution in [0.4, 0.5) is 5.95 Å². The molecule has 0 aliphatic heterocycles. The lowest BCUT2D eigenvalue weighted by Crippen LogP contribution is -2.08. The lowest BCUT2D eigenvalue weighted by molar-refractivity contribution is 0.175. The van der Waals surface area contributed by atoms with Crippen molar-refractivity contribution in [2.24, 2.45) is 0 Å². The zero-order valence-corrected chi connectivity index (χ0v) is 11.4. The molecule has 0 fully saturated rings. The standard InChI is InChI=1S/C11H12BrN3OS/c12-8-6-14-11(15-7-8)13-4-3-9(16)10-2-1-5-17-10/h1-2,5-7,9,16H,3-4H2,(H,13,14,15). The van der Waals surface area contributed by atoms with Crippen molar-refractivity contribution in [2.45, 2.75) is 12.5 Å². The minimum absolute atomic E-state index is 0.419. The average molecular weight is 314 g/mol. The van der Waals surface area contributed by atoms with Gasteiger partial charge in [-0.15, -0.1) is 11.3 Å². The van der Waals surface area contributed by atoms with Crippen molar-refractivity contribution in [3.05, 3.63) is 39.3 Å². The maximum Gasteiger partial charge on any atom is 0.222 e. The highest BCUT2D eigenvalue weighted by Crippen LogP contribution is 2.21. The number of nitrogens with one attached hydrogen (secondary N) is 1. The van der Waals surface area contributed by atoms with Crippen LogP contribution in [0.2, 0.25) is 0 Å². The van der Waals surface area contributed by atoms with Gasteiger partial charge in [0.2, 0.25) is 5.95 Å². The van der Waals surface area contributed by atoms with E-state index in [1.165, 1.54) is 0 Å². The Morgan fingerprint density at radius 1 is 1.41 bits per heavy atom. The zero-order chi connectivity index (χ0) is 12.1. The first-order chi connectivity index (χ1) is 8.25. The summed E-state index contributed by atoms with van der Waals surface area (Å²) >= 11 is 4.84. The molecule has 0 aromatic carbocycles. The van der Waals surface area contributed by atoms with Crippen LogP contribution in [0.5, 0.6) is 0 Å². The second-order valence-corrected chi connectivity index (χ2v) is 5.37. The van der Waals surface area contributed by atoms with Crippen molar-refractivity contribution in [1.82, 2.24) is 9.97 Å². The third-order valence-electron chi connectivity index (χ3n) is 2.19. The van der Waals surface area contributed by atoms with Gasteiger partial charge in [-0.05, 0) is 33.8 Å². The summed E-state index contributed by atoms with van der Waals surface area (Å²) in [7, 11) is 0. The van der Waals surface area contributed by atoms with Gasteiger partial charge in [-0.3, -0.25) is 0 Å². The summed E-state index contributed by atoms with van der Waals surface area (Å²) in [6, 6.07) is 3.87. The highest BCUT2D eigenvalue weighted by Gasteiger charge is 2.07. The number of halogens is 1. The molecule has 1 atom stereocenters. The minimum atomic E-state index is -0.419. The van der Waals surface area contributed by atoms with Crippen molar-refractivity contribution in [3.63, 3.8) is 0 Å². The van der Waals surface area contributed by atoms with Crippen LogP contribution in [-0.4, -0.2) is 21.6 Å². The highest BCUT2D eigenvalue weighted by molar-refractivity contribution is 9.10. The molecule has 17 heavy (non-hydrogen) atoms. The smallest absolute Gasteiger partial charge is 0.222 e. The van der Waals surface area contributed by atoms with Crippen molar-refractivity contribution in [3.8, 4) is 0 Å². The number of rotatable bonds is 5. The average Bonchev–Trinajstić information content (AvgIpc) is 2.85. The maximum atomic E-state index is 9.85. The van der Waals surface area contributed by atoms with E-state index in [4.69, 9.17) is 0 Å². The second kappa shape index (κ2) is 6.09. The lowest BCUT2D eigenvalue weighted by Gasteiger charge is -2.09. The van der Waals surface area contributed by atoms with Gasteiger partial charge < -0.3 is 10.4 Å². The molecular formula is C11H12BrN3OS. The molecule has 2 rings (SSSR count). The van der Waals surface area contributed by atoms with Crippen LogP contribution >= 0.6 is 27.3 Å². The predicted molar refractivity (Wildman–Crippen MR) is 72.1 cm³/mol. The summed E-state index contributed by atoms with van der Waals surface area (Å²) < 4.78 is 0.849. The van der Waals surface area contributed by atoms with Gasteiger partial charge in [0.1, 0.15) is 0 Å². The monoisotopic (exact) mass is 313 g/mol. The van der Waals surface area contributed by atoms with E-state index in [1.807, 2.05) is 17.5 Å². The van der Waals surface area contributed by atoms with Gasteiger partial charge in [0.05, 0.1) is 10.6 Å². The number of aliphatic hydroxyl groups excluding tert-OH is 1. The van der Waals surface area contributed by atoms with Crippen molar-refractivity contribution in [2.75, 3.05) is 11.9 Å². The van der Waals surface area contributed by atoms with Crippen LogP contribution in [0.15, 0.2) is 34.4 Å². The SMILES string of the molecule is OC(CCNc1ncc(Br)cn1)c1cccs1. The molecule has 2 aromatic heterocycles. The molecule has 0 saturated heterocycles. The van der Waals surface area contributed by atoms with Crippen LogP contribution < -0.4 is 5.32 Å². The van der Waals surface area contributed by atoms with Gasteiger partial charge in [-0.25, -0.2) is 9.97 Å². The molecule has 0 amide bonds. The Morgan fingerprint density at radius 3 is 2.82 bits per heavy atom. The molecule has 2 aromatic rings. The topological polar surface area (TPSA) is 58.0 Å². The maximum absolute atomic E-state index is 9.85. The Hall–Kier alpha value is -0.980. The molecule has 0 bridgehead atoms. The molecule has 0 aliphatic rings. The van der Waals surface area contributed by atoms with E-state index in [1.54, 1.807) is 23.7 Å². The van der Waals surface area contributed by atoms with E-state index in [0.717, 1.165) is 9.35 Å². The van der Waals surface area contributed by atoms with E-state index >= 15 is 0 Å². The molecular weight excluding hydrogens is 302 g/mol. The fourth-order valence-electron chi connectivity index (χ4n) is 1.35. The van der Waals surface area contributed by atoms with Crippen LogP contribution in [0.3, 0.4) is 0 Å². The molecule has 2 N–H and O–H groups in total. The van der Waals surface area contributed by atoms with E-state index in [0.29, 0.717) is 18.9 Å². The predicted octanol–water partition coefficient (Wildman–Crippen LogP) is 2.84. The molecule has 0 aliphatic carbocycles. The summed E-state index contributed by atoms with van der Waals surface area (Å²) in [5, 5.41) is 14.9. The number of thiophene rings is 1. The Bertz CT molecular complexity index is 446. The number of hydrogen-bond acceptors (Lipinski definition) is 5. The molecule has 1 unspecified atom stereocenters. The third kappa shape index (κ3) is 3.76. The van der Waals surface area contributed by atoms with Gasteiger partial charge in [0, 0.05) is 23.8 Å². The first-order valence-electron chi connectivity index (χ1n) is 5.18. The number of nitrogens with zero attached hydrogens (tertiary/aromatic N) is 2. The van der Waals surface area contributed by atoms with Gasteiger partial charge in [-0.2, -0.15) is 0 Å². The van der Waals surface area contributed by atoms with E-state index in [-0.39, 0.29) is 0 Å². The summed E-state index contributed by atoms with van der Waals surface area (Å²) in [6.45, 7) is 0.640. The summed E-state index contributed by atoms with van der Waals surface area (Å²) in [6.07, 6.45) is 3.59. The quantitative estimate of drug-likeness (QED) is 0.891. The normalized spacial score (nSPS) is 12.4. The molecule has 0 saturated carbocycles. The number of aromatic nitrogens is 2. The largest absolute Gasteiger partial charge is 0.388 e. The lowest BCUT2D eigenvalue weighted by atomic mass is 10.2. The number of hydrogen-bond donors (Lipinski definition) is 2. The van der Waals surface area contributed by atoms with E-state index in [2.05, 4.69) is 31.2 Å². The van der Waals surface area contributed by atoms with Gasteiger partial charge in [0.15, 0.2) is 0 Å². The molecule has 4 nitrogen and oxygen atoms in total. The Kier molecular flexibility index (Phi) is 4.47. The fraction of sp³-hybridized carbons (Fsp3) is 0.273. The van der Waals surface area contributed by atoms with Gasteiger partial charge in [0.25, 0.3) is 0 Å². The summed E-state index contributed by atoms with van der Waals surface area (Å²) in [5.74, 6) is 0.576. The van der Waals surface area contributed by atoms with Crippen molar-refractivity contribution >= 4 is 33.2 Å². The van der Waals surface area contributed by atoms with Crippen LogP contribution in [-0.2, 0) is 0 Å². The molecule has 0 spiro atoms.